The Morgan fingerprint density at radius 1 is 0.314 bits per heavy atom. The van der Waals surface area contributed by atoms with Crippen LogP contribution in [0, 0.1) is 35.5 Å². The van der Waals surface area contributed by atoms with E-state index in [1.54, 1.807) is 0 Å². The van der Waals surface area contributed by atoms with Crippen molar-refractivity contribution in [2.45, 2.75) is 380 Å². The fraction of sp³-hybridized carbons (Fsp3) is 0.652. The van der Waals surface area contributed by atoms with Crippen molar-refractivity contribution in [2.24, 2.45) is 35.5 Å². The number of fused-ring (bicyclic) bond motifs is 12. The van der Waals surface area contributed by atoms with Crippen molar-refractivity contribution in [3.05, 3.63) is 179 Å². The third kappa shape index (κ3) is 45.3. The van der Waals surface area contributed by atoms with Crippen molar-refractivity contribution in [1.29, 1.82) is 0 Å². The number of likely N-dealkylation sites (tertiary alicyclic amines) is 2. The van der Waals surface area contributed by atoms with Gasteiger partial charge in [0.15, 0.2) is 0 Å². The molecule has 12 heterocycles. The molecule has 0 aromatic heterocycles. The van der Waals surface area contributed by atoms with Gasteiger partial charge < -0.3 is 62.1 Å². The van der Waals surface area contributed by atoms with Crippen molar-refractivity contribution < 1.29 is 105 Å². The summed E-state index contributed by atoms with van der Waals surface area (Å²) in [6, 6.07) is 0. The normalized spacial score (nSPS) is 33.2. The van der Waals surface area contributed by atoms with Crippen LogP contribution in [0.5, 0.6) is 0 Å². The lowest BCUT2D eigenvalue weighted by Crippen LogP contribution is -2.40. The van der Waals surface area contributed by atoms with Crippen LogP contribution >= 0.6 is 0 Å². The Morgan fingerprint density at radius 2 is 0.562 bits per heavy atom. The lowest BCUT2D eigenvalue weighted by molar-refractivity contribution is -0.193. The summed E-state index contributed by atoms with van der Waals surface area (Å²) in [7, 11) is 0. The molecule has 12 bridgehead atoms. The first-order valence-corrected chi connectivity index (χ1v) is 51.0. The van der Waals surface area contributed by atoms with Gasteiger partial charge >= 0.3 is 36.4 Å². The number of ether oxygens (including phenoxy) is 10. The molecular weight excluding hydrogens is 1740 g/mol. The van der Waals surface area contributed by atoms with E-state index >= 15 is 0 Å². The zero-order valence-corrected chi connectivity index (χ0v) is 84.1. The maximum atomic E-state index is 13.2. The van der Waals surface area contributed by atoms with Gasteiger partial charge in [-0.05, 0) is 225 Å². The molecule has 9 fully saturated rings. The number of nitrogens with zero attached hydrogens (tertiary/aromatic N) is 3. The molecule has 0 saturated carbocycles. The van der Waals surface area contributed by atoms with Crippen LogP contribution in [0.1, 0.15) is 289 Å². The SMILES string of the molecule is C/C=C1\CC2CC(=O)OC(/C=C/C=C\C=C(/C)CC(=O)N3CCCC3)C(C)/C=C/C(C)CC3CCCC(CC(C1)O2)O3.C/C=C1\CC2CC(=O)OC(/C=C/C=C\C=C(/C)CC(=O)N3CCCCC3)C(C)/C=C/C(C)CC3CCCC(CC(C1)O2)O3.C/C=C1\CC2CC(=O)OC(/C=C/C=C\C=C(/C)CC(=O)N3CCOCC3)C(C)/C=C/C(C)CC3CCCC(CC(C1)O2)O3.O=C=O.O=C=O.O=C=O. The molecule has 25 nitrogen and oxygen atoms in total. The topological polar surface area (TPSA) is 307 Å². The van der Waals surface area contributed by atoms with Crippen molar-refractivity contribution >= 4 is 54.1 Å². The highest BCUT2D eigenvalue weighted by atomic mass is 16.6. The molecule has 0 N–H and O–H groups in total. The number of cyclic esters (lactones) is 3. The summed E-state index contributed by atoms with van der Waals surface area (Å²) in [5.74, 6) is 1.08. The molecule has 21 atom stereocenters. The van der Waals surface area contributed by atoms with E-state index in [-0.39, 0.29) is 177 Å². The van der Waals surface area contributed by atoms with Gasteiger partial charge in [0.25, 0.3) is 0 Å². The lowest BCUT2D eigenvalue weighted by Gasteiger charge is -2.37. The largest absolute Gasteiger partial charge is 0.457 e. The zero-order chi connectivity index (χ0) is 99.2. The first-order chi connectivity index (χ1) is 66.1. The Labute approximate surface area is 816 Å². The average Bonchev–Trinajstić information content (AvgIpc) is 1.23. The number of piperidine rings is 1. The minimum atomic E-state index is -0.391. The summed E-state index contributed by atoms with van der Waals surface area (Å²) in [5, 5.41) is 0. The van der Waals surface area contributed by atoms with Gasteiger partial charge in [-0.3, -0.25) is 28.8 Å². The summed E-state index contributed by atoms with van der Waals surface area (Å²) in [5.41, 5.74) is 7.15. The van der Waals surface area contributed by atoms with E-state index in [1.165, 1.54) is 42.4 Å². The Bertz CT molecular complexity index is 4110. The van der Waals surface area contributed by atoms with Gasteiger partial charge in [0.2, 0.25) is 17.7 Å². The summed E-state index contributed by atoms with van der Waals surface area (Å²) in [6.45, 7) is 31.3. The predicted octanol–water partition coefficient (Wildman–Crippen LogP) is 20.1. The van der Waals surface area contributed by atoms with E-state index < -0.39 is 6.10 Å². The van der Waals surface area contributed by atoms with Crippen LogP contribution in [-0.2, 0) is 105 Å². The molecule has 0 aromatic carbocycles. The summed E-state index contributed by atoms with van der Waals surface area (Å²) in [6.07, 6.45) is 78.7. The molecule has 0 spiro atoms. The van der Waals surface area contributed by atoms with Crippen molar-refractivity contribution in [1.82, 2.24) is 14.7 Å². The van der Waals surface area contributed by atoms with Crippen LogP contribution in [0.3, 0.4) is 0 Å². The Balaban J connectivity index is 0.000000268. The first-order valence-electron chi connectivity index (χ1n) is 51.0. The average molecular weight is 1900 g/mol. The summed E-state index contributed by atoms with van der Waals surface area (Å²) >= 11 is 0. The molecule has 137 heavy (non-hydrogen) atoms. The fourth-order valence-electron chi connectivity index (χ4n) is 20.0. The van der Waals surface area contributed by atoms with Crippen LogP contribution in [0.25, 0.3) is 0 Å². The van der Waals surface area contributed by atoms with E-state index in [2.05, 4.69) is 117 Å². The molecular formula is C112H161N3O22. The third-order valence-electron chi connectivity index (χ3n) is 27.4. The molecule has 12 rings (SSSR count). The zero-order valence-electron chi connectivity index (χ0n) is 84.1. The van der Waals surface area contributed by atoms with E-state index in [0.29, 0.717) is 63.3 Å². The third-order valence-corrected chi connectivity index (χ3v) is 27.4. The number of hydrogen-bond donors (Lipinski definition) is 0. The quantitative estimate of drug-likeness (QED) is 0.0636. The minimum Gasteiger partial charge on any atom is -0.457 e. The van der Waals surface area contributed by atoms with Crippen LogP contribution in [-0.4, -0.2) is 213 Å². The smallest absolute Gasteiger partial charge is 0.373 e. The number of morpholine rings is 1. The summed E-state index contributed by atoms with van der Waals surface area (Å²) in [4.78, 5) is 132. The first kappa shape index (κ1) is 115. The van der Waals surface area contributed by atoms with Gasteiger partial charge in [-0.2, -0.15) is 28.8 Å². The van der Waals surface area contributed by atoms with E-state index in [4.69, 9.17) is 76.1 Å². The fourth-order valence-corrected chi connectivity index (χ4v) is 20.0. The van der Waals surface area contributed by atoms with Crippen molar-refractivity contribution in [2.75, 3.05) is 52.5 Å². The molecule has 12 aliphatic heterocycles. The molecule has 756 valence electrons. The maximum Gasteiger partial charge on any atom is 0.373 e. The van der Waals surface area contributed by atoms with Crippen LogP contribution in [0.4, 0.5) is 0 Å². The number of allylic oxidation sites excluding steroid dienone is 18. The molecule has 25 heteroatoms. The van der Waals surface area contributed by atoms with Crippen LogP contribution < -0.4 is 0 Å². The van der Waals surface area contributed by atoms with Gasteiger partial charge in [0.1, 0.15) is 18.3 Å². The number of rotatable bonds is 15. The molecule has 21 unspecified atom stereocenters. The van der Waals surface area contributed by atoms with Crippen LogP contribution in [0.2, 0.25) is 0 Å². The van der Waals surface area contributed by atoms with Crippen LogP contribution in [0.15, 0.2) is 179 Å². The van der Waals surface area contributed by atoms with Gasteiger partial charge in [-0.1, -0.05) is 203 Å². The number of hydrogen-bond acceptors (Lipinski definition) is 22. The highest BCUT2D eigenvalue weighted by Gasteiger charge is 2.38. The number of carbonyl (C=O) groups excluding carboxylic acids is 12. The minimum absolute atomic E-state index is 0.0125. The molecule has 0 aliphatic carbocycles. The Morgan fingerprint density at radius 3 is 0.839 bits per heavy atom. The summed E-state index contributed by atoms with van der Waals surface area (Å²) < 4.78 is 62.6. The monoisotopic (exact) mass is 1900 g/mol. The molecule has 0 radical (unpaired) electrons. The highest BCUT2D eigenvalue weighted by molar-refractivity contribution is 5.80. The van der Waals surface area contributed by atoms with Gasteiger partial charge in [0.05, 0.1) is 106 Å². The molecule has 0 aromatic rings. The predicted molar refractivity (Wildman–Crippen MR) is 525 cm³/mol. The van der Waals surface area contributed by atoms with E-state index in [0.717, 1.165) is 184 Å². The molecule has 3 amide bonds. The Hall–Kier alpha value is -9.22. The number of carbonyl (C=O) groups is 6. The van der Waals surface area contributed by atoms with Gasteiger partial charge in [-0.25, -0.2) is 0 Å². The lowest BCUT2D eigenvalue weighted by atomic mass is 9.90. The number of amides is 3. The second-order valence-electron chi connectivity index (χ2n) is 39.3. The second kappa shape index (κ2) is 64.9. The van der Waals surface area contributed by atoms with Gasteiger partial charge in [0, 0.05) is 95.5 Å². The van der Waals surface area contributed by atoms with Crippen molar-refractivity contribution in [3.63, 3.8) is 0 Å². The standard InChI is InChI=1S/C37H55NO5.C36H53NO6.C36H53NO5.3CO2/c1-5-30-23-33-25-32-15-12-14-31(41-32)21-28(3)17-18-29(4)35(43-37(40)26-34(24-30)42-33)16-9-6-8-13-27(2)22-36(39)38-19-10-7-11-20-38;1-5-29-22-32-24-31-12-9-11-30(41-31)20-27(3)14-15-28(4)34(43-36(39)25-33(23-29)42-32)13-8-6-7-10-26(2)21-35(38)37-16-18-40-19-17-37;1-5-29-22-32-24-31-14-11-13-30(40-31)20-27(3)16-17-28(4)34(42-36(39)25-33(23-29)41-32)15-8-6-7-12-26(2)21-35(38)37-18-9-10-19-37;3*2-1-3/h5-6,8-9,13,16-18,28-29,31-35H,7,10-12,14-15,19-26H2,1-4H3;5-8,10,13-15,27-28,30-34H,9,11-12,16-25H2,1-4H3;5-8,12,15-17,27-28,30-34H,9-11,13-14,18-25H2,1-4H3;;;/b8-6-,16-9+,18-17+,27-13+,30-5-;7-6-,13-8+,15-14+,26-10+,29-5-;7-6-,15-8+,17-16+,26-12+,29-5-;;;. The highest BCUT2D eigenvalue weighted by Crippen LogP contribution is 2.39. The van der Waals surface area contributed by atoms with Gasteiger partial charge in [-0.15, -0.1) is 0 Å². The van der Waals surface area contributed by atoms with E-state index in [9.17, 15) is 28.8 Å². The maximum absolute atomic E-state index is 13.2. The second-order valence-corrected chi connectivity index (χ2v) is 39.3. The molecule has 12 aliphatic rings. The molecule has 9 saturated heterocycles. The number of esters is 3. The van der Waals surface area contributed by atoms with Crippen molar-refractivity contribution in [3.8, 4) is 0 Å². The van der Waals surface area contributed by atoms with E-state index in [1.807, 2.05) is 127 Å². The Kier molecular flexibility index (Phi) is 54.4.